The Morgan fingerprint density at radius 1 is 1.03 bits per heavy atom. The number of nitrogens with one attached hydrogen (secondary N) is 1. The molecule has 1 saturated carbocycles. The number of aryl methyl sites for hydroxylation is 1. The fraction of sp³-hybridized carbons (Fsp3) is 0.355. The Bertz CT molecular complexity index is 1230. The van der Waals surface area contributed by atoms with Gasteiger partial charge in [0, 0.05) is 29.0 Å². The molecule has 5 nitrogen and oxygen atoms in total. The summed E-state index contributed by atoms with van der Waals surface area (Å²) in [5.41, 5.74) is 2.25. The van der Waals surface area contributed by atoms with Gasteiger partial charge in [0.1, 0.15) is 17.6 Å². The van der Waals surface area contributed by atoms with Crippen molar-refractivity contribution in [2.75, 3.05) is 6.61 Å². The van der Waals surface area contributed by atoms with Gasteiger partial charge >= 0.3 is 0 Å². The van der Waals surface area contributed by atoms with Crippen molar-refractivity contribution < 1.29 is 18.7 Å². The zero-order valence-electron chi connectivity index (χ0n) is 21.7. The van der Waals surface area contributed by atoms with Crippen molar-refractivity contribution >= 4 is 27.7 Å². The van der Waals surface area contributed by atoms with Crippen molar-refractivity contribution in [2.24, 2.45) is 0 Å². The molecule has 1 atom stereocenters. The lowest BCUT2D eigenvalue weighted by molar-refractivity contribution is -0.143. The summed E-state index contributed by atoms with van der Waals surface area (Å²) >= 11 is 3.47. The summed E-state index contributed by atoms with van der Waals surface area (Å²) in [6, 6.07) is 20.7. The maximum absolute atomic E-state index is 14.7. The Hall–Kier alpha value is -3.19. The van der Waals surface area contributed by atoms with Crippen LogP contribution in [0.4, 0.5) is 4.39 Å². The molecule has 200 valence electrons. The van der Waals surface area contributed by atoms with Crippen LogP contribution >= 0.6 is 15.9 Å². The van der Waals surface area contributed by atoms with E-state index in [1.54, 1.807) is 24.3 Å². The highest BCUT2D eigenvalue weighted by Gasteiger charge is 2.32. The van der Waals surface area contributed by atoms with Crippen molar-refractivity contribution in [3.05, 3.63) is 99.8 Å². The molecule has 0 spiro atoms. The number of carbonyl (C=O) groups excluding carboxylic acids is 2. The first-order valence-electron chi connectivity index (χ1n) is 13.2. The van der Waals surface area contributed by atoms with Crippen LogP contribution in [0, 0.1) is 12.7 Å². The third-order valence-corrected chi connectivity index (χ3v) is 7.90. The first kappa shape index (κ1) is 27.8. The topological polar surface area (TPSA) is 58.6 Å². The van der Waals surface area contributed by atoms with Crippen LogP contribution in [-0.2, 0) is 22.6 Å². The molecule has 0 heterocycles. The van der Waals surface area contributed by atoms with Crippen LogP contribution in [0.3, 0.4) is 0 Å². The van der Waals surface area contributed by atoms with E-state index in [1.165, 1.54) is 17.4 Å². The lowest BCUT2D eigenvalue weighted by Crippen LogP contribution is -2.53. The van der Waals surface area contributed by atoms with Gasteiger partial charge in [0.05, 0.1) is 0 Å². The highest BCUT2D eigenvalue weighted by atomic mass is 79.9. The van der Waals surface area contributed by atoms with E-state index in [0.29, 0.717) is 17.7 Å². The Balaban J connectivity index is 1.62. The van der Waals surface area contributed by atoms with Crippen molar-refractivity contribution in [1.82, 2.24) is 10.2 Å². The fourth-order valence-corrected chi connectivity index (χ4v) is 5.09. The lowest BCUT2D eigenvalue weighted by atomic mass is 9.94. The quantitative estimate of drug-likeness (QED) is 0.303. The molecule has 3 aromatic rings. The lowest BCUT2D eigenvalue weighted by Gasteiger charge is -2.33. The number of nitrogens with zero attached hydrogens (tertiary/aromatic N) is 1. The molecule has 0 aliphatic heterocycles. The van der Waals surface area contributed by atoms with Gasteiger partial charge in [-0.25, -0.2) is 4.39 Å². The molecule has 0 bridgehead atoms. The number of rotatable bonds is 10. The van der Waals surface area contributed by atoms with Gasteiger partial charge in [0.2, 0.25) is 5.91 Å². The van der Waals surface area contributed by atoms with E-state index in [-0.39, 0.29) is 31.0 Å². The Morgan fingerprint density at radius 2 is 1.74 bits per heavy atom. The maximum atomic E-state index is 14.7. The second kappa shape index (κ2) is 13.6. The SMILES string of the molecule is Cc1cc(OCC(=O)N(Cc2ccccc2F)C(Cc2ccccc2)C(=O)NC2CCCCC2)ccc1Br. The summed E-state index contributed by atoms with van der Waals surface area (Å²) < 4.78 is 21.5. The summed E-state index contributed by atoms with van der Waals surface area (Å²) in [4.78, 5) is 28.9. The van der Waals surface area contributed by atoms with Crippen LogP contribution in [-0.4, -0.2) is 35.4 Å². The van der Waals surface area contributed by atoms with Crippen LogP contribution < -0.4 is 10.1 Å². The van der Waals surface area contributed by atoms with Gasteiger partial charge in [0.15, 0.2) is 6.61 Å². The van der Waals surface area contributed by atoms with Crippen LogP contribution in [0.5, 0.6) is 5.75 Å². The summed E-state index contributed by atoms with van der Waals surface area (Å²) in [6.45, 7) is 1.64. The summed E-state index contributed by atoms with van der Waals surface area (Å²) in [6.07, 6.45) is 5.50. The van der Waals surface area contributed by atoms with Gasteiger partial charge in [-0.15, -0.1) is 0 Å². The molecule has 1 aliphatic rings. The molecule has 1 aliphatic carbocycles. The standard InChI is InChI=1S/C31H34BrFN2O3/c1-22-18-26(16-17-27(22)32)38-21-30(36)35(20-24-12-8-9-15-28(24)33)29(19-23-10-4-2-5-11-23)31(37)34-25-13-6-3-7-14-25/h2,4-5,8-12,15-18,25,29H,3,6-7,13-14,19-21H2,1H3,(H,34,37). The highest BCUT2D eigenvalue weighted by molar-refractivity contribution is 9.10. The number of benzene rings is 3. The van der Waals surface area contributed by atoms with Crippen LogP contribution in [0.2, 0.25) is 0 Å². The zero-order chi connectivity index (χ0) is 26.9. The molecule has 0 saturated heterocycles. The van der Waals surface area contributed by atoms with E-state index in [4.69, 9.17) is 4.74 Å². The minimum Gasteiger partial charge on any atom is -0.484 e. The predicted octanol–water partition coefficient (Wildman–Crippen LogP) is 6.36. The fourth-order valence-electron chi connectivity index (χ4n) is 4.84. The molecule has 1 unspecified atom stereocenters. The van der Waals surface area contributed by atoms with Gasteiger partial charge in [-0.3, -0.25) is 9.59 Å². The van der Waals surface area contributed by atoms with E-state index in [1.807, 2.05) is 49.4 Å². The summed E-state index contributed by atoms with van der Waals surface area (Å²) in [5, 5.41) is 3.19. The molecule has 7 heteroatoms. The average molecular weight is 582 g/mol. The molecule has 1 N–H and O–H groups in total. The number of halogens is 2. The molecule has 0 aromatic heterocycles. The van der Waals surface area contributed by atoms with E-state index in [9.17, 15) is 14.0 Å². The third-order valence-electron chi connectivity index (χ3n) is 7.01. The van der Waals surface area contributed by atoms with E-state index < -0.39 is 11.9 Å². The first-order valence-corrected chi connectivity index (χ1v) is 14.0. The minimum atomic E-state index is -0.818. The molecule has 4 rings (SSSR count). The van der Waals surface area contributed by atoms with Crippen LogP contribution in [0.25, 0.3) is 0 Å². The van der Waals surface area contributed by atoms with Crippen molar-refractivity contribution in [3.8, 4) is 5.75 Å². The number of amides is 2. The molecule has 3 aromatic carbocycles. The van der Waals surface area contributed by atoms with Crippen molar-refractivity contribution in [3.63, 3.8) is 0 Å². The summed E-state index contributed by atoms with van der Waals surface area (Å²) in [5.74, 6) is -0.462. The predicted molar refractivity (Wildman–Crippen MR) is 150 cm³/mol. The van der Waals surface area contributed by atoms with Gasteiger partial charge in [0.25, 0.3) is 5.91 Å². The largest absolute Gasteiger partial charge is 0.484 e. The Labute approximate surface area is 232 Å². The van der Waals surface area contributed by atoms with Gasteiger partial charge < -0.3 is 15.0 Å². The van der Waals surface area contributed by atoms with E-state index >= 15 is 0 Å². The first-order chi connectivity index (χ1) is 18.4. The monoisotopic (exact) mass is 580 g/mol. The Kier molecular flexibility index (Phi) is 9.93. The molecular weight excluding hydrogens is 547 g/mol. The number of hydrogen-bond acceptors (Lipinski definition) is 3. The van der Waals surface area contributed by atoms with Crippen molar-refractivity contribution in [2.45, 2.75) is 64.1 Å². The molecule has 38 heavy (non-hydrogen) atoms. The molecule has 1 fully saturated rings. The number of ether oxygens (including phenoxy) is 1. The molecular formula is C31H34BrFN2O3. The van der Waals surface area contributed by atoms with Gasteiger partial charge in [-0.2, -0.15) is 0 Å². The average Bonchev–Trinajstić information content (AvgIpc) is 2.93. The normalized spacial score (nSPS) is 14.5. The highest BCUT2D eigenvalue weighted by Crippen LogP contribution is 2.23. The summed E-state index contributed by atoms with van der Waals surface area (Å²) in [7, 11) is 0. The van der Waals surface area contributed by atoms with Crippen molar-refractivity contribution in [1.29, 1.82) is 0 Å². The molecule has 0 radical (unpaired) electrons. The van der Waals surface area contributed by atoms with Gasteiger partial charge in [-0.05, 0) is 55.2 Å². The maximum Gasteiger partial charge on any atom is 0.261 e. The minimum absolute atomic E-state index is 0.0379. The second-order valence-corrected chi connectivity index (χ2v) is 10.7. The number of carbonyl (C=O) groups is 2. The van der Waals surface area contributed by atoms with E-state index in [0.717, 1.165) is 41.3 Å². The second-order valence-electron chi connectivity index (χ2n) is 9.86. The van der Waals surface area contributed by atoms with Crippen LogP contribution in [0.1, 0.15) is 48.8 Å². The van der Waals surface area contributed by atoms with Crippen LogP contribution in [0.15, 0.2) is 77.3 Å². The third kappa shape index (κ3) is 7.67. The number of hydrogen-bond donors (Lipinski definition) is 1. The van der Waals surface area contributed by atoms with E-state index in [2.05, 4.69) is 21.2 Å². The Morgan fingerprint density at radius 3 is 2.45 bits per heavy atom. The molecule has 2 amide bonds. The smallest absolute Gasteiger partial charge is 0.261 e. The zero-order valence-corrected chi connectivity index (χ0v) is 23.3. The van der Waals surface area contributed by atoms with Gasteiger partial charge in [-0.1, -0.05) is 83.7 Å².